The highest BCUT2D eigenvalue weighted by Crippen LogP contribution is 2.25. The van der Waals surface area contributed by atoms with E-state index in [0.717, 1.165) is 10.6 Å². The van der Waals surface area contributed by atoms with Gasteiger partial charge in [0.25, 0.3) is 11.8 Å². The van der Waals surface area contributed by atoms with Crippen LogP contribution in [0.25, 0.3) is 0 Å². The summed E-state index contributed by atoms with van der Waals surface area (Å²) in [5, 5.41) is 3.78. The Hall–Kier alpha value is -2.94. The van der Waals surface area contributed by atoms with E-state index in [1.165, 1.54) is 6.92 Å². The van der Waals surface area contributed by atoms with Gasteiger partial charge < -0.3 is 14.8 Å². The maximum absolute atomic E-state index is 12.9. The van der Waals surface area contributed by atoms with Gasteiger partial charge in [-0.25, -0.2) is 4.79 Å². The van der Waals surface area contributed by atoms with E-state index in [2.05, 4.69) is 10.7 Å². The molecular weight excluding hydrogens is 402 g/mol. The molecule has 0 spiro atoms. The van der Waals surface area contributed by atoms with Crippen molar-refractivity contribution in [1.29, 1.82) is 0 Å². The number of carbonyl (C=O) groups excluding carboxylic acids is 4. The lowest BCUT2D eigenvalue weighted by Crippen LogP contribution is -2.55. The molecule has 2 N–H and O–H groups in total. The zero-order valence-corrected chi connectivity index (χ0v) is 18.4. The lowest BCUT2D eigenvalue weighted by molar-refractivity contribution is -0.145. The Morgan fingerprint density at radius 3 is 2.39 bits per heavy atom. The van der Waals surface area contributed by atoms with Crippen LogP contribution in [0.3, 0.4) is 0 Å². The first-order valence-electron chi connectivity index (χ1n) is 10.5. The highest BCUT2D eigenvalue weighted by atomic mass is 16.6. The Balaban J connectivity index is 2.10. The highest BCUT2D eigenvalue weighted by molar-refractivity contribution is 5.94. The summed E-state index contributed by atoms with van der Waals surface area (Å²) in [6.07, 6.45) is -1.07. The van der Waals surface area contributed by atoms with Crippen LogP contribution in [0, 0.1) is 5.92 Å². The quantitative estimate of drug-likeness (QED) is 0.323. The van der Waals surface area contributed by atoms with Gasteiger partial charge in [0.05, 0.1) is 6.61 Å². The van der Waals surface area contributed by atoms with Crippen molar-refractivity contribution in [3.8, 4) is 0 Å². The third kappa shape index (κ3) is 7.67. The van der Waals surface area contributed by atoms with Gasteiger partial charge in [-0.3, -0.25) is 24.8 Å². The average molecular weight is 434 g/mol. The fourth-order valence-corrected chi connectivity index (χ4v) is 3.12. The summed E-state index contributed by atoms with van der Waals surface area (Å²) in [6.45, 7) is 7.23. The molecule has 1 fully saturated rings. The van der Waals surface area contributed by atoms with Gasteiger partial charge >= 0.3 is 5.97 Å². The summed E-state index contributed by atoms with van der Waals surface area (Å²) in [5.74, 6) is -1.83. The molecular formula is C22H31N3O6. The Morgan fingerprint density at radius 2 is 1.81 bits per heavy atom. The van der Waals surface area contributed by atoms with E-state index < -0.39 is 36.0 Å². The summed E-state index contributed by atoms with van der Waals surface area (Å²) in [6, 6.07) is 8.70. The first-order chi connectivity index (χ1) is 14.7. The summed E-state index contributed by atoms with van der Waals surface area (Å²) in [7, 11) is 0. The number of benzene rings is 1. The standard InChI is InChI=1S/C22H31N3O6/c1-5-30-22(29)19-18(31-19)21(28)25(12-11-16-9-7-6-8-10-16)24-20(27)17(13-14(2)3)23-15(4)26/h6-10,14,17-19H,5,11-13H2,1-4H3,(H,23,26)(H,24,27)/t17-,18+,19+/m0/s1. The monoisotopic (exact) mass is 433 g/mol. The Labute approximate surface area is 182 Å². The molecule has 1 aliphatic heterocycles. The Morgan fingerprint density at radius 1 is 1.13 bits per heavy atom. The van der Waals surface area contributed by atoms with E-state index in [4.69, 9.17) is 9.47 Å². The fourth-order valence-electron chi connectivity index (χ4n) is 3.12. The smallest absolute Gasteiger partial charge is 0.338 e. The number of esters is 1. The van der Waals surface area contributed by atoms with Crippen LogP contribution < -0.4 is 10.7 Å². The summed E-state index contributed by atoms with van der Waals surface area (Å²) in [4.78, 5) is 49.2. The molecule has 1 aliphatic rings. The van der Waals surface area contributed by atoms with Crippen molar-refractivity contribution in [2.24, 2.45) is 5.92 Å². The zero-order chi connectivity index (χ0) is 23.0. The minimum Gasteiger partial charge on any atom is -0.464 e. The molecule has 3 atom stereocenters. The van der Waals surface area contributed by atoms with Crippen molar-refractivity contribution in [2.75, 3.05) is 13.2 Å². The number of nitrogens with one attached hydrogen (secondary N) is 2. The number of epoxide rings is 1. The molecule has 1 heterocycles. The Bertz CT molecular complexity index is 783. The predicted molar refractivity (Wildman–Crippen MR) is 112 cm³/mol. The molecule has 0 radical (unpaired) electrons. The number of ether oxygens (including phenoxy) is 2. The van der Waals surface area contributed by atoms with Gasteiger partial charge in [0.1, 0.15) is 6.04 Å². The second kappa shape index (κ2) is 11.5. The van der Waals surface area contributed by atoms with Crippen LogP contribution in [-0.2, 0) is 35.1 Å². The normalized spacial score (nSPS) is 18.1. The van der Waals surface area contributed by atoms with Crippen LogP contribution >= 0.6 is 0 Å². The van der Waals surface area contributed by atoms with Crippen LogP contribution in [0.1, 0.15) is 39.7 Å². The van der Waals surface area contributed by atoms with Crippen molar-refractivity contribution in [1.82, 2.24) is 15.8 Å². The molecule has 1 aromatic carbocycles. The third-order valence-electron chi connectivity index (χ3n) is 4.63. The van der Waals surface area contributed by atoms with Crippen molar-refractivity contribution in [3.63, 3.8) is 0 Å². The Kier molecular flexibility index (Phi) is 8.99. The first kappa shape index (κ1) is 24.3. The first-order valence-corrected chi connectivity index (χ1v) is 10.5. The molecule has 0 aliphatic carbocycles. The minimum absolute atomic E-state index is 0.149. The number of rotatable bonds is 10. The minimum atomic E-state index is -1.00. The maximum Gasteiger partial charge on any atom is 0.338 e. The highest BCUT2D eigenvalue weighted by Gasteiger charge is 2.53. The molecule has 0 bridgehead atoms. The second-order valence-electron chi connectivity index (χ2n) is 7.81. The van der Waals surface area contributed by atoms with Gasteiger partial charge in [0, 0.05) is 13.5 Å². The number of hydrazine groups is 1. The predicted octanol–water partition coefficient (Wildman–Crippen LogP) is 0.970. The lowest BCUT2D eigenvalue weighted by atomic mass is 10.0. The van der Waals surface area contributed by atoms with Crippen LogP contribution in [0.4, 0.5) is 0 Å². The molecule has 9 nitrogen and oxygen atoms in total. The van der Waals surface area contributed by atoms with Crippen molar-refractivity contribution >= 4 is 23.7 Å². The molecule has 0 unspecified atom stereocenters. The molecule has 3 amide bonds. The van der Waals surface area contributed by atoms with Crippen LogP contribution in [-0.4, -0.2) is 60.1 Å². The van der Waals surface area contributed by atoms with Gasteiger partial charge in [0.15, 0.2) is 12.2 Å². The number of hydrogen-bond donors (Lipinski definition) is 2. The van der Waals surface area contributed by atoms with Crippen molar-refractivity contribution < 1.29 is 28.7 Å². The van der Waals surface area contributed by atoms with E-state index in [1.807, 2.05) is 44.2 Å². The van der Waals surface area contributed by atoms with Crippen molar-refractivity contribution in [3.05, 3.63) is 35.9 Å². The molecule has 1 saturated heterocycles. The summed E-state index contributed by atoms with van der Waals surface area (Å²) >= 11 is 0. The second-order valence-corrected chi connectivity index (χ2v) is 7.81. The largest absolute Gasteiger partial charge is 0.464 e. The molecule has 0 aromatic heterocycles. The van der Waals surface area contributed by atoms with Crippen LogP contribution in [0.15, 0.2) is 30.3 Å². The van der Waals surface area contributed by atoms with Gasteiger partial charge in [-0.1, -0.05) is 44.2 Å². The molecule has 9 heteroatoms. The van der Waals surface area contributed by atoms with E-state index >= 15 is 0 Å². The van der Waals surface area contributed by atoms with E-state index in [0.29, 0.717) is 12.8 Å². The molecule has 2 rings (SSSR count). The summed E-state index contributed by atoms with van der Waals surface area (Å²) in [5.41, 5.74) is 3.59. The molecule has 31 heavy (non-hydrogen) atoms. The average Bonchev–Trinajstić information content (AvgIpc) is 3.51. The van der Waals surface area contributed by atoms with Gasteiger partial charge in [0.2, 0.25) is 5.91 Å². The number of nitrogens with zero attached hydrogens (tertiary/aromatic N) is 1. The molecule has 0 saturated carbocycles. The topological polar surface area (TPSA) is 117 Å². The number of amides is 3. The van der Waals surface area contributed by atoms with E-state index in [1.54, 1.807) is 6.92 Å². The van der Waals surface area contributed by atoms with Crippen LogP contribution in [0.2, 0.25) is 0 Å². The molecule has 1 aromatic rings. The zero-order valence-electron chi connectivity index (χ0n) is 18.4. The summed E-state index contributed by atoms with van der Waals surface area (Å²) < 4.78 is 10.1. The number of hydrogen-bond acceptors (Lipinski definition) is 6. The number of carbonyl (C=O) groups is 4. The van der Waals surface area contributed by atoms with E-state index in [-0.39, 0.29) is 25.0 Å². The fraction of sp³-hybridized carbons (Fsp3) is 0.545. The van der Waals surface area contributed by atoms with Crippen LogP contribution in [0.5, 0.6) is 0 Å². The van der Waals surface area contributed by atoms with Gasteiger partial charge in [-0.05, 0) is 31.2 Å². The van der Waals surface area contributed by atoms with Gasteiger partial charge in [-0.2, -0.15) is 0 Å². The third-order valence-corrected chi connectivity index (χ3v) is 4.63. The van der Waals surface area contributed by atoms with Crippen molar-refractivity contribution in [2.45, 2.75) is 58.8 Å². The van der Waals surface area contributed by atoms with Gasteiger partial charge in [-0.15, -0.1) is 0 Å². The van der Waals surface area contributed by atoms with E-state index in [9.17, 15) is 19.2 Å². The SMILES string of the molecule is CCOC(=O)[C@@H]1O[C@H]1C(=O)N(CCc1ccccc1)NC(=O)[C@H](CC(C)C)NC(C)=O. The lowest BCUT2D eigenvalue weighted by Gasteiger charge is -2.26. The molecule has 170 valence electrons. The maximum atomic E-state index is 12.9.